The highest BCUT2D eigenvalue weighted by atomic mass is 16.2. The molecule has 1 aliphatic heterocycles. The van der Waals surface area contributed by atoms with Gasteiger partial charge in [-0.05, 0) is 43.7 Å². The fourth-order valence-electron chi connectivity index (χ4n) is 3.60. The molecule has 1 aromatic carbocycles. The molecule has 1 saturated carbocycles. The van der Waals surface area contributed by atoms with Crippen LogP contribution in [0.25, 0.3) is 0 Å². The van der Waals surface area contributed by atoms with Crippen LogP contribution in [0.2, 0.25) is 0 Å². The molecule has 4 rings (SSSR count). The van der Waals surface area contributed by atoms with Crippen molar-refractivity contribution in [3.63, 3.8) is 0 Å². The number of aromatic nitrogens is 2. The highest BCUT2D eigenvalue weighted by Gasteiger charge is 2.49. The first-order chi connectivity index (χ1) is 14.0. The molecule has 0 bridgehead atoms. The number of carbonyl (C=O) groups is 3. The van der Waals surface area contributed by atoms with E-state index in [1.54, 1.807) is 42.7 Å². The Bertz CT molecular complexity index is 908. The van der Waals surface area contributed by atoms with Gasteiger partial charge in [0.15, 0.2) is 5.78 Å². The molecule has 1 saturated heterocycles. The van der Waals surface area contributed by atoms with Crippen LogP contribution in [0.1, 0.15) is 23.7 Å². The largest absolute Gasteiger partial charge is 0.339 e. The summed E-state index contributed by atoms with van der Waals surface area (Å²) < 4.78 is 0. The van der Waals surface area contributed by atoms with E-state index in [0.29, 0.717) is 49.8 Å². The standard InChI is InChI=1S/C21H23N5O3/c1-14(27)15-3-5-16(6-4-15)24-19(28)17-13-18(17)20(29)25-9-11-26(12-10-25)21-22-7-2-8-23-21/h2-8,17-18H,9-13H2,1H3,(H,24,28). The lowest BCUT2D eigenvalue weighted by Crippen LogP contribution is -2.50. The van der Waals surface area contributed by atoms with Crippen molar-refractivity contribution in [2.24, 2.45) is 11.8 Å². The smallest absolute Gasteiger partial charge is 0.228 e. The topological polar surface area (TPSA) is 95.5 Å². The van der Waals surface area contributed by atoms with E-state index in [0.717, 1.165) is 0 Å². The van der Waals surface area contributed by atoms with Gasteiger partial charge in [-0.15, -0.1) is 0 Å². The lowest BCUT2D eigenvalue weighted by molar-refractivity contribution is -0.134. The van der Waals surface area contributed by atoms with Crippen molar-refractivity contribution < 1.29 is 14.4 Å². The highest BCUT2D eigenvalue weighted by Crippen LogP contribution is 2.41. The van der Waals surface area contributed by atoms with Gasteiger partial charge in [0.2, 0.25) is 17.8 Å². The molecule has 8 heteroatoms. The summed E-state index contributed by atoms with van der Waals surface area (Å²) in [6, 6.07) is 8.56. The maximum absolute atomic E-state index is 12.7. The quantitative estimate of drug-likeness (QED) is 0.776. The van der Waals surface area contributed by atoms with Crippen LogP contribution < -0.4 is 10.2 Å². The lowest BCUT2D eigenvalue weighted by atomic mass is 10.1. The zero-order chi connectivity index (χ0) is 20.4. The van der Waals surface area contributed by atoms with E-state index in [-0.39, 0.29) is 29.4 Å². The first-order valence-electron chi connectivity index (χ1n) is 9.75. The number of carbonyl (C=O) groups excluding carboxylic acids is 3. The average molecular weight is 393 g/mol. The monoisotopic (exact) mass is 393 g/mol. The van der Waals surface area contributed by atoms with Crippen LogP contribution >= 0.6 is 0 Å². The second-order valence-corrected chi connectivity index (χ2v) is 7.43. The molecule has 0 radical (unpaired) electrons. The Morgan fingerprint density at radius 1 is 0.966 bits per heavy atom. The maximum Gasteiger partial charge on any atom is 0.228 e. The van der Waals surface area contributed by atoms with Gasteiger partial charge in [-0.3, -0.25) is 14.4 Å². The van der Waals surface area contributed by atoms with E-state index in [2.05, 4.69) is 20.2 Å². The Morgan fingerprint density at radius 2 is 1.62 bits per heavy atom. The first kappa shape index (κ1) is 19.0. The van der Waals surface area contributed by atoms with E-state index in [4.69, 9.17) is 0 Å². The maximum atomic E-state index is 12.7. The van der Waals surface area contributed by atoms with E-state index < -0.39 is 0 Å². The summed E-state index contributed by atoms with van der Waals surface area (Å²) in [5, 5.41) is 2.84. The second-order valence-electron chi connectivity index (χ2n) is 7.43. The molecular weight excluding hydrogens is 370 g/mol. The van der Waals surface area contributed by atoms with Crippen LogP contribution in [0.4, 0.5) is 11.6 Å². The number of Topliss-reactive ketones (excluding diaryl/α,β-unsaturated/α-hetero) is 1. The predicted octanol–water partition coefficient (Wildman–Crippen LogP) is 1.60. The Balaban J connectivity index is 1.27. The number of benzene rings is 1. The van der Waals surface area contributed by atoms with Crippen LogP contribution in [-0.4, -0.2) is 58.6 Å². The number of hydrogen-bond donors (Lipinski definition) is 1. The Kier molecular flexibility index (Phi) is 5.24. The van der Waals surface area contributed by atoms with Crippen molar-refractivity contribution in [1.82, 2.24) is 14.9 Å². The van der Waals surface area contributed by atoms with Gasteiger partial charge in [-0.25, -0.2) is 9.97 Å². The van der Waals surface area contributed by atoms with Gasteiger partial charge in [0, 0.05) is 49.8 Å². The summed E-state index contributed by atoms with van der Waals surface area (Å²) in [6.45, 7) is 4.08. The van der Waals surface area contributed by atoms with Crippen molar-refractivity contribution in [2.45, 2.75) is 13.3 Å². The van der Waals surface area contributed by atoms with E-state index in [1.165, 1.54) is 6.92 Å². The number of nitrogens with one attached hydrogen (secondary N) is 1. The number of rotatable bonds is 5. The minimum atomic E-state index is -0.287. The molecule has 2 aromatic rings. The summed E-state index contributed by atoms with van der Waals surface area (Å²) in [6.07, 6.45) is 4.00. The molecule has 29 heavy (non-hydrogen) atoms. The molecule has 2 unspecified atom stereocenters. The molecular formula is C21H23N5O3. The molecule has 150 valence electrons. The Morgan fingerprint density at radius 3 is 2.24 bits per heavy atom. The van der Waals surface area contributed by atoms with Crippen LogP contribution in [0.3, 0.4) is 0 Å². The molecule has 1 aromatic heterocycles. The minimum Gasteiger partial charge on any atom is -0.339 e. The molecule has 2 atom stereocenters. The van der Waals surface area contributed by atoms with Crippen molar-refractivity contribution in [3.8, 4) is 0 Å². The zero-order valence-corrected chi connectivity index (χ0v) is 16.2. The number of ketones is 1. The number of nitrogens with zero attached hydrogens (tertiary/aromatic N) is 4. The van der Waals surface area contributed by atoms with Crippen LogP contribution in [-0.2, 0) is 9.59 Å². The van der Waals surface area contributed by atoms with Gasteiger partial charge < -0.3 is 15.1 Å². The number of piperazine rings is 1. The number of anilines is 2. The Labute approximate surface area is 168 Å². The zero-order valence-electron chi connectivity index (χ0n) is 16.2. The van der Waals surface area contributed by atoms with Gasteiger partial charge in [0.25, 0.3) is 0 Å². The molecule has 1 N–H and O–H groups in total. The summed E-state index contributed by atoms with van der Waals surface area (Å²) >= 11 is 0. The fourth-order valence-corrected chi connectivity index (χ4v) is 3.60. The first-order valence-corrected chi connectivity index (χ1v) is 9.75. The minimum absolute atomic E-state index is 0.0188. The second kappa shape index (κ2) is 7.98. The molecule has 2 amide bonds. The van der Waals surface area contributed by atoms with E-state index in [1.807, 2.05) is 4.90 Å². The van der Waals surface area contributed by atoms with Gasteiger partial charge in [-0.1, -0.05) is 0 Å². The summed E-state index contributed by atoms with van der Waals surface area (Å²) in [4.78, 5) is 48.9. The average Bonchev–Trinajstić information content (AvgIpc) is 3.55. The number of hydrogen-bond acceptors (Lipinski definition) is 6. The van der Waals surface area contributed by atoms with Crippen LogP contribution in [0.15, 0.2) is 42.7 Å². The van der Waals surface area contributed by atoms with Gasteiger partial charge in [-0.2, -0.15) is 0 Å². The highest BCUT2D eigenvalue weighted by molar-refractivity contribution is 6.00. The molecule has 2 heterocycles. The molecule has 0 spiro atoms. The summed E-state index contributed by atoms with van der Waals surface area (Å²) in [5.74, 6) is 0.0335. The molecule has 8 nitrogen and oxygen atoms in total. The van der Waals surface area contributed by atoms with Crippen LogP contribution in [0.5, 0.6) is 0 Å². The summed E-state index contributed by atoms with van der Waals surface area (Å²) in [5.41, 5.74) is 1.23. The molecule has 2 fully saturated rings. The van der Waals surface area contributed by atoms with Gasteiger partial charge in [0.1, 0.15) is 0 Å². The third kappa shape index (κ3) is 4.26. The van der Waals surface area contributed by atoms with E-state index in [9.17, 15) is 14.4 Å². The van der Waals surface area contributed by atoms with Crippen LogP contribution in [0, 0.1) is 11.8 Å². The fraction of sp³-hybridized carbons (Fsp3) is 0.381. The lowest BCUT2D eigenvalue weighted by Gasteiger charge is -2.34. The third-order valence-corrected chi connectivity index (χ3v) is 5.43. The van der Waals surface area contributed by atoms with Crippen molar-refractivity contribution in [3.05, 3.63) is 48.3 Å². The van der Waals surface area contributed by atoms with Gasteiger partial charge in [0.05, 0.1) is 11.8 Å². The van der Waals surface area contributed by atoms with Gasteiger partial charge >= 0.3 is 0 Å². The molecule has 1 aliphatic carbocycles. The van der Waals surface area contributed by atoms with Crippen molar-refractivity contribution >= 4 is 29.2 Å². The molecule has 2 aliphatic rings. The number of amides is 2. The third-order valence-electron chi connectivity index (χ3n) is 5.43. The predicted molar refractivity (Wildman–Crippen MR) is 107 cm³/mol. The SMILES string of the molecule is CC(=O)c1ccc(NC(=O)C2CC2C(=O)N2CCN(c3ncccn3)CC2)cc1. The van der Waals surface area contributed by atoms with E-state index >= 15 is 0 Å². The Hall–Kier alpha value is -3.29. The van der Waals surface area contributed by atoms with Crippen molar-refractivity contribution in [2.75, 3.05) is 36.4 Å². The normalized spacial score (nSPS) is 20.9. The van der Waals surface area contributed by atoms with Crippen molar-refractivity contribution in [1.29, 1.82) is 0 Å². The summed E-state index contributed by atoms with van der Waals surface area (Å²) in [7, 11) is 0.